The minimum Gasteiger partial charge on any atom is -0.493 e. The first-order valence-corrected chi connectivity index (χ1v) is 12.6. The van der Waals surface area contributed by atoms with Gasteiger partial charge in [0.25, 0.3) is 10.0 Å². The van der Waals surface area contributed by atoms with Crippen molar-refractivity contribution in [2.24, 2.45) is 0 Å². The molecule has 0 saturated carbocycles. The van der Waals surface area contributed by atoms with Gasteiger partial charge < -0.3 is 19.5 Å². The van der Waals surface area contributed by atoms with Crippen LogP contribution in [0.3, 0.4) is 0 Å². The fourth-order valence-corrected chi connectivity index (χ4v) is 4.95. The highest BCUT2D eigenvalue weighted by Gasteiger charge is 2.28. The van der Waals surface area contributed by atoms with Crippen LogP contribution >= 0.6 is 11.6 Å². The summed E-state index contributed by atoms with van der Waals surface area (Å²) in [5.74, 6) is -0.515. The second-order valence-corrected chi connectivity index (χ2v) is 9.60. The van der Waals surface area contributed by atoms with Crippen LogP contribution in [0.2, 0.25) is 5.02 Å². The maximum absolute atomic E-state index is 13.5. The lowest BCUT2D eigenvalue weighted by Gasteiger charge is -2.25. The number of ether oxygens (including phenoxy) is 3. The molecule has 3 aromatic carbocycles. The van der Waals surface area contributed by atoms with Gasteiger partial charge in [-0.05, 0) is 49.4 Å². The Bertz CT molecular complexity index is 1350. The van der Waals surface area contributed by atoms with E-state index < -0.39 is 28.4 Å². The summed E-state index contributed by atoms with van der Waals surface area (Å²) in [6.45, 7) is 1.32. The van der Waals surface area contributed by atoms with E-state index in [0.717, 1.165) is 4.31 Å². The maximum atomic E-state index is 13.5. The van der Waals surface area contributed by atoms with Gasteiger partial charge in [-0.2, -0.15) is 0 Å². The van der Waals surface area contributed by atoms with E-state index in [9.17, 15) is 18.0 Å². The Labute approximate surface area is 214 Å². The van der Waals surface area contributed by atoms with Crippen LogP contribution in [-0.4, -0.2) is 47.7 Å². The quantitative estimate of drug-likeness (QED) is 0.386. The molecule has 9 nitrogen and oxygen atoms in total. The molecule has 36 heavy (non-hydrogen) atoms. The monoisotopic (exact) mass is 532 g/mol. The molecule has 0 atom stereocenters. The summed E-state index contributed by atoms with van der Waals surface area (Å²) in [6.07, 6.45) is 0. The number of carbonyl (C=O) groups is 2. The molecule has 0 saturated heterocycles. The number of carbonyl (C=O) groups excluding carboxylic acids is 2. The highest BCUT2D eigenvalue weighted by Crippen LogP contribution is 2.34. The predicted molar refractivity (Wildman–Crippen MR) is 137 cm³/mol. The molecule has 11 heteroatoms. The minimum atomic E-state index is -4.14. The number of nitrogens with zero attached hydrogens (tertiary/aromatic N) is 1. The van der Waals surface area contributed by atoms with Gasteiger partial charge in [0, 0.05) is 6.07 Å². The van der Waals surface area contributed by atoms with Crippen LogP contribution in [0.5, 0.6) is 11.5 Å². The summed E-state index contributed by atoms with van der Waals surface area (Å²) >= 11 is 6.25. The number of anilines is 2. The number of amides is 1. The van der Waals surface area contributed by atoms with E-state index in [0.29, 0.717) is 11.5 Å². The molecule has 3 rings (SSSR count). The second kappa shape index (κ2) is 11.8. The molecular weight excluding hydrogens is 508 g/mol. The van der Waals surface area contributed by atoms with Crippen molar-refractivity contribution in [1.82, 2.24) is 0 Å². The third-order valence-electron chi connectivity index (χ3n) is 5.03. The zero-order valence-corrected chi connectivity index (χ0v) is 21.4. The van der Waals surface area contributed by atoms with E-state index in [4.69, 9.17) is 25.8 Å². The van der Waals surface area contributed by atoms with Gasteiger partial charge in [0.1, 0.15) is 6.54 Å². The predicted octanol–water partition coefficient (Wildman–Crippen LogP) is 4.37. The Hall–Kier alpha value is -3.76. The number of benzene rings is 3. The summed E-state index contributed by atoms with van der Waals surface area (Å²) in [5, 5.41) is 2.69. The van der Waals surface area contributed by atoms with Crippen molar-refractivity contribution < 1.29 is 32.2 Å². The topological polar surface area (TPSA) is 111 Å². The van der Waals surface area contributed by atoms with E-state index in [2.05, 4.69) is 5.32 Å². The largest absolute Gasteiger partial charge is 0.493 e. The highest BCUT2D eigenvalue weighted by atomic mass is 35.5. The van der Waals surface area contributed by atoms with Crippen molar-refractivity contribution in [2.75, 3.05) is 37.0 Å². The standard InChI is InChI=1S/C25H25ClN2O7S/c1-4-35-25(30)17-10-12-21(20(26)14-17)27-24(29)16-28(36(31,32)19-8-6-5-7-9-19)18-11-13-22(33-2)23(15-18)34-3/h5-15H,4,16H2,1-3H3,(H,27,29). The zero-order chi connectivity index (χ0) is 26.3. The van der Waals surface area contributed by atoms with Gasteiger partial charge in [-0.1, -0.05) is 29.8 Å². The smallest absolute Gasteiger partial charge is 0.338 e. The van der Waals surface area contributed by atoms with Crippen LogP contribution in [-0.2, 0) is 19.6 Å². The van der Waals surface area contributed by atoms with E-state index in [1.54, 1.807) is 31.2 Å². The summed E-state index contributed by atoms with van der Waals surface area (Å²) in [7, 11) is -1.26. The normalized spacial score (nSPS) is 10.9. The SMILES string of the molecule is CCOC(=O)c1ccc(NC(=O)CN(c2ccc(OC)c(OC)c2)S(=O)(=O)c2ccccc2)c(Cl)c1. The van der Waals surface area contributed by atoms with Gasteiger partial charge in [0.15, 0.2) is 11.5 Å². The van der Waals surface area contributed by atoms with Crippen molar-refractivity contribution in [3.63, 3.8) is 0 Å². The fraction of sp³-hybridized carbons (Fsp3) is 0.200. The van der Waals surface area contributed by atoms with Gasteiger partial charge in [-0.25, -0.2) is 13.2 Å². The Morgan fingerprint density at radius 3 is 2.25 bits per heavy atom. The van der Waals surface area contributed by atoms with Crippen LogP contribution < -0.4 is 19.1 Å². The number of sulfonamides is 1. The van der Waals surface area contributed by atoms with Crippen molar-refractivity contribution >= 4 is 44.9 Å². The summed E-state index contributed by atoms with van der Waals surface area (Å²) in [5.41, 5.74) is 0.618. The minimum absolute atomic E-state index is 0.00408. The zero-order valence-electron chi connectivity index (χ0n) is 19.9. The average Bonchev–Trinajstić information content (AvgIpc) is 2.88. The second-order valence-electron chi connectivity index (χ2n) is 7.33. The molecule has 0 bridgehead atoms. The van der Waals surface area contributed by atoms with Gasteiger partial charge >= 0.3 is 5.97 Å². The Morgan fingerprint density at radius 2 is 1.64 bits per heavy atom. The third kappa shape index (κ3) is 6.07. The number of methoxy groups -OCH3 is 2. The number of nitrogens with one attached hydrogen (secondary N) is 1. The molecule has 1 N–H and O–H groups in total. The number of halogens is 1. The number of hydrogen-bond donors (Lipinski definition) is 1. The first-order chi connectivity index (χ1) is 17.2. The van der Waals surface area contributed by atoms with Crippen LogP contribution in [0.1, 0.15) is 17.3 Å². The molecule has 3 aromatic rings. The summed E-state index contributed by atoms with van der Waals surface area (Å²) < 4.78 is 43.5. The van der Waals surface area contributed by atoms with Gasteiger partial charge in [0.2, 0.25) is 5.91 Å². The summed E-state index contributed by atoms with van der Waals surface area (Å²) in [6, 6.07) is 16.5. The molecule has 0 aromatic heterocycles. The van der Waals surface area contributed by atoms with Crippen molar-refractivity contribution in [3.05, 3.63) is 77.3 Å². The number of rotatable bonds is 10. The summed E-state index contributed by atoms with van der Waals surface area (Å²) in [4.78, 5) is 24.9. The number of esters is 1. The Balaban J connectivity index is 1.94. The maximum Gasteiger partial charge on any atom is 0.338 e. The van der Waals surface area contributed by atoms with Crippen LogP contribution in [0.4, 0.5) is 11.4 Å². The average molecular weight is 533 g/mol. The van der Waals surface area contributed by atoms with Crippen molar-refractivity contribution in [3.8, 4) is 11.5 Å². The van der Waals surface area contributed by atoms with Gasteiger partial charge in [0.05, 0.1) is 47.7 Å². The Morgan fingerprint density at radius 1 is 0.944 bits per heavy atom. The molecule has 0 fully saturated rings. The van der Waals surface area contributed by atoms with Crippen LogP contribution in [0.15, 0.2) is 71.6 Å². The molecule has 0 aliphatic heterocycles. The van der Waals surface area contributed by atoms with Crippen molar-refractivity contribution in [2.45, 2.75) is 11.8 Å². The Kier molecular flexibility index (Phi) is 8.78. The molecule has 0 aliphatic rings. The van der Waals surface area contributed by atoms with E-state index >= 15 is 0 Å². The lowest BCUT2D eigenvalue weighted by atomic mass is 10.2. The van der Waals surface area contributed by atoms with Crippen LogP contribution in [0.25, 0.3) is 0 Å². The van der Waals surface area contributed by atoms with Crippen LogP contribution in [0, 0.1) is 0 Å². The lowest BCUT2D eigenvalue weighted by Crippen LogP contribution is -2.38. The van der Waals surface area contributed by atoms with Gasteiger partial charge in [-0.3, -0.25) is 9.10 Å². The lowest BCUT2D eigenvalue weighted by molar-refractivity contribution is -0.114. The van der Waals surface area contributed by atoms with E-state index in [1.807, 2.05) is 0 Å². The molecule has 1 amide bonds. The molecule has 0 heterocycles. The molecule has 0 spiro atoms. The fourth-order valence-electron chi connectivity index (χ4n) is 3.29. The molecule has 0 aliphatic carbocycles. The molecule has 0 radical (unpaired) electrons. The van der Waals surface area contributed by atoms with E-state index in [1.165, 1.54) is 56.7 Å². The number of hydrogen-bond acceptors (Lipinski definition) is 7. The first-order valence-electron chi connectivity index (χ1n) is 10.8. The van der Waals surface area contributed by atoms with Gasteiger partial charge in [-0.15, -0.1) is 0 Å². The highest BCUT2D eigenvalue weighted by molar-refractivity contribution is 7.92. The molecule has 190 valence electrons. The molecule has 0 unspecified atom stereocenters. The first kappa shape index (κ1) is 26.8. The molecular formula is C25H25ClN2O7S. The van der Waals surface area contributed by atoms with Crippen molar-refractivity contribution in [1.29, 1.82) is 0 Å². The third-order valence-corrected chi connectivity index (χ3v) is 7.13. The van der Waals surface area contributed by atoms with E-state index in [-0.39, 0.29) is 33.5 Å².